The van der Waals surface area contributed by atoms with Gasteiger partial charge in [0, 0.05) is 10.6 Å². The zero-order valence-electron chi connectivity index (χ0n) is 10.1. The van der Waals surface area contributed by atoms with Gasteiger partial charge < -0.3 is 9.29 Å². The predicted octanol–water partition coefficient (Wildman–Crippen LogP) is 3.25. The number of benzene rings is 2. The van der Waals surface area contributed by atoms with Crippen LogP contribution in [0.1, 0.15) is 5.56 Å². The van der Waals surface area contributed by atoms with Gasteiger partial charge in [-0.05, 0) is 24.3 Å². The van der Waals surface area contributed by atoms with Crippen LogP contribution >= 0.6 is 23.2 Å². The molecule has 0 spiro atoms. The lowest BCUT2D eigenvalue weighted by Gasteiger charge is -2.12. The van der Waals surface area contributed by atoms with Crippen LogP contribution in [0.5, 0.6) is 5.75 Å². The number of aliphatic hydroxyl groups is 1. The third kappa shape index (κ3) is 3.24. The van der Waals surface area contributed by atoms with E-state index in [0.717, 1.165) is 0 Å². The highest BCUT2D eigenvalue weighted by Gasteiger charge is 2.20. The molecule has 0 fully saturated rings. The van der Waals surface area contributed by atoms with Gasteiger partial charge in [-0.15, -0.1) is 0 Å². The molecule has 0 bridgehead atoms. The van der Waals surface area contributed by atoms with Crippen molar-refractivity contribution in [3.63, 3.8) is 0 Å². The molecule has 0 aliphatic rings. The van der Waals surface area contributed by atoms with Crippen molar-refractivity contribution in [2.45, 2.75) is 11.5 Å². The maximum Gasteiger partial charge on any atom is 0.339 e. The summed E-state index contributed by atoms with van der Waals surface area (Å²) in [4.78, 5) is -0.00472. The van der Waals surface area contributed by atoms with Gasteiger partial charge in [0.1, 0.15) is 4.90 Å². The summed E-state index contributed by atoms with van der Waals surface area (Å²) in [6, 6.07) is 10.4. The van der Waals surface area contributed by atoms with Crippen LogP contribution in [-0.4, -0.2) is 13.5 Å². The van der Waals surface area contributed by atoms with E-state index in [1.807, 2.05) is 0 Å². The second-order valence-corrected chi connectivity index (χ2v) is 6.27. The normalized spacial score (nSPS) is 11.3. The van der Waals surface area contributed by atoms with E-state index >= 15 is 0 Å². The summed E-state index contributed by atoms with van der Waals surface area (Å²) < 4.78 is 29.2. The van der Waals surface area contributed by atoms with Gasteiger partial charge in [-0.2, -0.15) is 8.42 Å². The van der Waals surface area contributed by atoms with E-state index in [4.69, 9.17) is 27.4 Å². The summed E-state index contributed by atoms with van der Waals surface area (Å²) in [6.07, 6.45) is 0. The van der Waals surface area contributed by atoms with Crippen molar-refractivity contribution < 1.29 is 17.7 Å². The van der Waals surface area contributed by atoms with Crippen molar-refractivity contribution in [3.05, 3.63) is 58.1 Å². The first kappa shape index (κ1) is 15.1. The number of aliphatic hydroxyl groups excluding tert-OH is 1. The van der Waals surface area contributed by atoms with E-state index in [0.29, 0.717) is 0 Å². The Balaban J connectivity index is 2.45. The largest absolute Gasteiger partial charge is 0.392 e. The van der Waals surface area contributed by atoms with E-state index < -0.39 is 16.7 Å². The van der Waals surface area contributed by atoms with Gasteiger partial charge in [-0.1, -0.05) is 41.4 Å². The average Bonchev–Trinajstić information content (AvgIpc) is 2.42. The SMILES string of the molecule is O=S(=O)(Oc1c(Cl)cc(Cl)cc1CO)c1ccccc1. The minimum Gasteiger partial charge on any atom is -0.392 e. The fourth-order valence-electron chi connectivity index (χ4n) is 1.57. The molecular weight excluding hydrogens is 323 g/mol. The zero-order valence-corrected chi connectivity index (χ0v) is 12.4. The summed E-state index contributed by atoms with van der Waals surface area (Å²) in [5.41, 5.74) is 0.196. The molecule has 20 heavy (non-hydrogen) atoms. The lowest BCUT2D eigenvalue weighted by atomic mass is 10.2. The molecule has 0 saturated carbocycles. The van der Waals surface area contributed by atoms with Gasteiger partial charge in [-0.25, -0.2) is 0 Å². The molecule has 0 aromatic heterocycles. The van der Waals surface area contributed by atoms with Crippen LogP contribution in [0.2, 0.25) is 10.0 Å². The third-order valence-electron chi connectivity index (χ3n) is 2.48. The van der Waals surface area contributed by atoms with Gasteiger partial charge in [0.05, 0.1) is 11.6 Å². The van der Waals surface area contributed by atoms with Crippen LogP contribution in [0.4, 0.5) is 0 Å². The molecule has 0 heterocycles. The van der Waals surface area contributed by atoms with Crippen molar-refractivity contribution in [2.24, 2.45) is 0 Å². The molecule has 0 saturated heterocycles. The first-order valence-corrected chi connectivity index (χ1v) is 7.69. The minimum absolute atomic E-state index is 0.00472. The number of hydrogen-bond donors (Lipinski definition) is 1. The van der Waals surface area contributed by atoms with Gasteiger partial charge in [0.15, 0.2) is 5.75 Å². The van der Waals surface area contributed by atoms with Crippen LogP contribution in [0.3, 0.4) is 0 Å². The summed E-state index contributed by atoms with van der Waals surface area (Å²) in [6.45, 7) is -0.445. The number of hydrogen-bond acceptors (Lipinski definition) is 4. The summed E-state index contributed by atoms with van der Waals surface area (Å²) in [5, 5.41) is 9.54. The lowest BCUT2D eigenvalue weighted by Crippen LogP contribution is -2.11. The highest BCUT2D eigenvalue weighted by Crippen LogP contribution is 2.34. The minimum atomic E-state index is -4.02. The van der Waals surface area contributed by atoms with Gasteiger partial charge in [0.2, 0.25) is 0 Å². The van der Waals surface area contributed by atoms with Crippen LogP contribution in [-0.2, 0) is 16.7 Å². The van der Waals surface area contributed by atoms with Crippen LogP contribution in [0, 0.1) is 0 Å². The maximum atomic E-state index is 12.1. The lowest BCUT2D eigenvalue weighted by molar-refractivity contribution is 0.278. The van der Waals surface area contributed by atoms with Crippen molar-refractivity contribution in [2.75, 3.05) is 0 Å². The Bertz CT molecular complexity index is 715. The highest BCUT2D eigenvalue weighted by atomic mass is 35.5. The molecule has 0 aliphatic carbocycles. The molecule has 7 heteroatoms. The molecule has 0 atom stereocenters. The molecule has 0 amide bonds. The van der Waals surface area contributed by atoms with E-state index in [-0.39, 0.29) is 26.3 Å². The number of halogens is 2. The second-order valence-electron chi connectivity index (χ2n) is 3.88. The van der Waals surface area contributed by atoms with Crippen molar-refractivity contribution >= 4 is 33.3 Å². The van der Waals surface area contributed by atoms with Crippen LogP contribution in [0.15, 0.2) is 47.4 Å². The zero-order chi connectivity index (χ0) is 14.8. The molecule has 2 aromatic carbocycles. The van der Waals surface area contributed by atoms with Crippen molar-refractivity contribution in [3.8, 4) is 5.75 Å². The Labute approximate surface area is 126 Å². The Kier molecular flexibility index (Phi) is 4.55. The molecule has 4 nitrogen and oxygen atoms in total. The Morgan fingerprint density at radius 1 is 1.10 bits per heavy atom. The topological polar surface area (TPSA) is 63.6 Å². The first-order valence-electron chi connectivity index (χ1n) is 5.52. The third-order valence-corrected chi connectivity index (χ3v) is 4.22. The van der Waals surface area contributed by atoms with E-state index in [1.54, 1.807) is 18.2 Å². The predicted molar refractivity (Wildman–Crippen MR) is 76.6 cm³/mol. The van der Waals surface area contributed by atoms with Crippen molar-refractivity contribution in [1.29, 1.82) is 0 Å². The summed E-state index contributed by atoms with van der Waals surface area (Å²) in [5.74, 6) is -0.123. The quantitative estimate of drug-likeness (QED) is 0.873. The molecule has 2 rings (SSSR count). The molecule has 1 N–H and O–H groups in total. The van der Waals surface area contributed by atoms with Crippen LogP contribution in [0.25, 0.3) is 0 Å². The Morgan fingerprint density at radius 2 is 1.75 bits per heavy atom. The van der Waals surface area contributed by atoms with Gasteiger partial charge in [0.25, 0.3) is 0 Å². The Hall–Kier alpha value is -1.27. The average molecular weight is 333 g/mol. The van der Waals surface area contributed by atoms with E-state index in [1.165, 1.54) is 24.3 Å². The summed E-state index contributed by atoms with van der Waals surface area (Å²) in [7, 11) is -4.02. The molecule has 2 aromatic rings. The van der Waals surface area contributed by atoms with Gasteiger partial charge in [-0.3, -0.25) is 0 Å². The van der Waals surface area contributed by atoms with Gasteiger partial charge >= 0.3 is 10.1 Å². The fourth-order valence-corrected chi connectivity index (χ4v) is 3.19. The molecule has 0 unspecified atom stereocenters. The fraction of sp³-hybridized carbons (Fsp3) is 0.0769. The van der Waals surface area contributed by atoms with Crippen LogP contribution < -0.4 is 4.18 Å². The standard InChI is InChI=1S/C13H10Cl2O4S/c14-10-6-9(8-16)13(12(15)7-10)19-20(17,18)11-4-2-1-3-5-11/h1-7,16H,8H2. The molecule has 106 valence electrons. The monoisotopic (exact) mass is 332 g/mol. The van der Waals surface area contributed by atoms with E-state index in [2.05, 4.69) is 0 Å². The highest BCUT2D eigenvalue weighted by molar-refractivity contribution is 7.87. The summed E-state index contributed by atoms with van der Waals surface area (Å²) >= 11 is 11.7. The molecule has 0 aliphatic heterocycles. The Morgan fingerprint density at radius 3 is 2.35 bits per heavy atom. The smallest absolute Gasteiger partial charge is 0.339 e. The maximum absolute atomic E-state index is 12.1. The molecular formula is C13H10Cl2O4S. The van der Waals surface area contributed by atoms with E-state index in [9.17, 15) is 13.5 Å². The second kappa shape index (κ2) is 6.01. The first-order chi connectivity index (χ1) is 9.44. The number of rotatable bonds is 4. The molecule has 0 radical (unpaired) electrons. The van der Waals surface area contributed by atoms with Crippen molar-refractivity contribution in [1.82, 2.24) is 0 Å².